The van der Waals surface area contributed by atoms with Crippen LogP contribution in [-0.4, -0.2) is 16.1 Å². The summed E-state index contributed by atoms with van der Waals surface area (Å²) in [7, 11) is -2.71. The molecule has 0 amide bonds. The van der Waals surface area contributed by atoms with Crippen molar-refractivity contribution in [2.24, 2.45) is 0 Å². The highest BCUT2D eigenvalue weighted by Crippen LogP contribution is 2.06. The Labute approximate surface area is 184 Å². The van der Waals surface area contributed by atoms with Crippen LogP contribution in [0.5, 0.6) is 0 Å². The lowest BCUT2D eigenvalue weighted by Gasteiger charge is -2.03. The Bertz CT molecular complexity index is 771. The summed E-state index contributed by atoms with van der Waals surface area (Å²) in [6.45, 7) is 21.9. The van der Waals surface area contributed by atoms with Gasteiger partial charge < -0.3 is 0 Å². The third kappa shape index (κ3) is 16.8. The maximum Gasteiger partial charge on any atom is 0.129 e. The zero-order valence-corrected chi connectivity index (χ0v) is 22.5. The summed E-state index contributed by atoms with van der Waals surface area (Å²) in [5, 5.41) is 0. The van der Waals surface area contributed by atoms with E-state index in [1.165, 1.54) is 17.6 Å². The van der Waals surface area contributed by atoms with Crippen molar-refractivity contribution in [2.75, 3.05) is 0 Å². The van der Waals surface area contributed by atoms with E-state index >= 15 is 0 Å². The summed E-state index contributed by atoms with van der Waals surface area (Å²) >= 11 is 0. The minimum Gasteiger partial charge on any atom is -0.126 e. The van der Waals surface area contributed by atoms with E-state index in [0.29, 0.717) is 0 Å². The molecule has 156 valence electrons. The van der Waals surface area contributed by atoms with Gasteiger partial charge in [0, 0.05) is 12.8 Å². The van der Waals surface area contributed by atoms with Gasteiger partial charge in [0.05, 0.1) is 11.1 Å². The molecule has 0 rings (SSSR count). The average molecular weight is 421 g/mol. The number of unbranched alkanes of at least 4 members (excludes halogenated alkanes) is 4. The van der Waals surface area contributed by atoms with E-state index in [1.807, 2.05) is 0 Å². The van der Waals surface area contributed by atoms with Crippen LogP contribution in [0.25, 0.3) is 0 Å². The third-order valence-corrected chi connectivity index (χ3v) is 5.41. The summed E-state index contributed by atoms with van der Waals surface area (Å²) in [5.41, 5.74) is 11.3. The van der Waals surface area contributed by atoms with Crippen molar-refractivity contribution < 1.29 is 0 Å². The molecule has 0 aliphatic rings. The van der Waals surface area contributed by atoms with Gasteiger partial charge in [-0.25, -0.2) is 0 Å². The fourth-order valence-corrected chi connectivity index (χ4v) is 2.97. The molecule has 0 aromatic carbocycles. The molecule has 0 aromatic heterocycles. The molecule has 0 saturated heterocycles. The van der Waals surface area contributed by atoms with E-state index in [1.54, 1.807) is 0 Å². The van der Waals surface area contributed by atoms with Gasteiger partial charge in [-0.3, -0.25) is 0 Å². The molecular weight excluding hydrogens is 380 g/mol. The van der Waals surface area contributed by atoms with Crippen molar-refractivity contribution in [3.05, 3.63) is 22.3 Å². The van der Waals surface area contributed by atoms with E-state index in [-0.39, 0.29) is 0 Å². The van der Waals surface area contributed by atoms with Gasteiger partial charge in [0.1, 0.15) is 16.1 Å². The van der Waals surface area contributed by atoms with Gasteiger partial charge in [-0.05, 0) is 40.5 Å². The first kappa shape index (κ1) is 27.2. The van der Waals surface area contributed by atoms with Crippen molar-refractivity contribution in [2.45, 2.75) is 99.1 Å². The average Bonchev–Trinajstić information content (AvgIpc) is 2.55. The van der Waals surface area contributed by atoms with Crippen LogP contribution in [0.15, 0.2) is 22.3 Å². The molecule has 0 saturated carbocycles. The van der Waals surface area contributed by atoms with Crippen LogP contribution < -0.4 is 0 Å². The van der Waals surface area contributed by atoms with Crippen LogP contribution in [0.2, 0.25) is 39.3 Å². The monoisotopic (exact) mass is 420 g/mol. The maximum absolute atomic E-state index is 3.41. The van der Waals surface area contributed by atoms with Crippen LogP contribution in [0.4, 0.5) is 0 Å². The van der Waals surface area contributed by atoms with Gasteiger partial charge in [-0.2, -0.15) is 0 Å². The van der Waals surface area contributed by atoms with E-state index < -0.39 is 16.1 Å². The van der Waals surface area contributed by atoms with E-state index in [9.17, 15) is 0 Å². The topological polar surface area (TPSA) is 0 Å². The zero-order chi connectivity index (χ0) is 22.5. The second-order valence-corrected chi connectivity index (χ2v) is 19.4. The highest BCUT2D eigenvalue weighted by molar-refractivity contribution is 6.84. The fourth-order valence-electron chi connectivity index (χ4n) is 1.97. The predicted octanol–water partition coefficient (Wildman–Crippen LogP) is 7.38. The highest BCUT2D eigenvalue weighted by Gasteiger charge is 2.08. The summed E-state index contributed by atoms with van der Waals surface area (Å²) in [5.74, 6) is 19.8. The standard InChI is InChI=1S/C27H40Si2/c1-24(2)26(20-22-28(5,6)7)18-16-14-12-11-13-15-17-19-27(25(3)4)21-23-29(8,9)10/h11-15H2,1-10H3. The van der Waals surface area contributed by atoms with Gasteiger partial charge in [0.25, 0.3) is 0 Å². The van der Waals surface area contributed by atoms with E-state index in [0.717, 1.165) is 36.8 Å². The molecule has 2 heteroatoms. The van der Waals surface area contributed by atoms with Crippen molar-refractivity contribution in [3.63, 3.8) is 0 Å². The molecule has 0 radical (unpaired) electrons. The summed E-state index contributed by atoms with van der Waals surface area (Å²) < 4.78 is 0. The molecular formula is C27H40Si2. The Morgan fingerprint density at radius 3 is 1.14 bits per heavy atom. The van der Waals surface area contributed by atoms with Crippen LogP contribution in [-0.2, 0) is 0 Å². The van der Waals surface area contributed by atoms with Crippen molar-refractivity contribution in [1.82, 2.24) is 0 Å². The van der Waals surface area contributed by atoms with Gasteiger partial charge in [-0.15, -0.1) is 11.1 Å². The second kappa shape index (κ2) is 13.4. The van der Waals surface area contributed by atoms with Crippen molar-refractivity contribution in [1.29, 1.82) is 0 Å². The minimum atomic E-state index is -1.35. The Hall–Kier alpha value is -1.85. The van der Waals surface area contributed by atoms with Gasteiger partial charge in [0.15, 0.2) is 0 Å². The lowest BCUT2D eigenvalue weighted by Crippen LogP contribution is -2.16. The molecule has 0 N–H and O–H groups in total. The van der Waals surface area contributed by atoms with Crippen LogP contribution in [0.3, 0.4) is 0 Å². The Morgan fingerprint density at radius 1 is 0.517 bits per heavy atom. The van der Waals surface area contributed by atoms with E-state index in [2.05, 4.69) is 114 Å². The molecule has 0 aliphatic heterocycles. The second-order valence-electron chi connectivity index (χ2n) is 9.91. The van der Waals surface area contributed by atoms with Crippen LogP contribution in [0, 0.1) is 46.6 Å². The molecule has 0 spiro atoms. The zero-order valence-electron chi connectivity index (χ0n) is 20.5. The minimum absolute atomic E-state index is 0.930. The van der Waals surface area contributed by atoms with Gasteiger partial charge >= 0.3 is 0 Å². The lowest BCUT2D eigenvalue weighted by atomic mass is 10.1. The molecule has 29 heavy (non-hydrogen) atoms. The van der Waals surface area contributed by atoms with Crippen molar-refractivity contribution in [3.8, 4) is 46.6 Å². The van der Waals surface area contributed by atoms with E-state index in [4.69, 9.17) is 0 Å². The SMILES string of the molecule is CC(C)=C(C#CCCCCCC#CC(C#C[Si](C)(C)C)=C(C)C)C#C[Si](C)(C)C. The first-order chi connectivity index (χ1) is 13.3. The predicted molar refractivity (Wildman–Crippen MR) is 138 cm³/mol. The Kier molecular flexibility index (Phi) is 12.5. The summed E-state index contributed by atoms with van der Waals surface area (Å²) in [4.78, 5) is 0. The number of rotatable bonds is 4. The quantitative estimate of drug-likeness (QED) is 0.253. The smallest absolute Gasteiger partial charge is 0.126 e. The molecule has 0 unspecified atom stereocenters. The molecule has 0 heterocycles. The van der Waals surface area contributed by atoms with Crippen LogP contribution in [0.1, 0.15) is 59.8 Å². The number of allylic oxidation sites excluding steroid dienone is 4. The first-order valence-electron chi connectivity index (χ1n) is 10.7. The molecule has 0 atom stereocenters. The third-order valence-electron chi connectivity index (χ3n) is 3.66. The van der Waals surface area contributed by atoms with Crippen molar-refractivity contribution >= 4 is 16.1 Å². The molecule has 0 aromatic rings. The largest absolute Gasteiger partial charge is 0.129 e. The Balaban J connectivity index is 4.51. The number of hydrogen-bond donors (Lipinski definition) is 0. The first-order valence-corrected chi connectivity index (χ1v) is 17.7. The Morgan fingerprint density at radius 2 is 0.862 bits per heavy atom. The molecule has 0 aliphatic carbocycles. The maximum atomic E-state index is 3.41. The number of hydrogen-bond acceptors (Lipinski definition) is 0. The van der Waals surface area contributed by atoms with Gasteiger partial charge in [0.2, 0.25) is 0 Å². The summed E-state index contributed by atoms with van der Waals surface area (Å²) in [6, 6.07) is 0. The molecule has 0 nitrogen and oxygen atoms in total. The highest BCUT2D eigenvalue weighted by atomic mass is 28.3. The lowest BCUT2D eigenvalue weighted by molar-refractivity contribution is 0.709. The summed E-state index contributed by atoms with van der Waals surface area (Å²) in [6.07, 6.45) is 5.27. The van der Waals surface area contributed by atoms with Crippen LogP contribution >= 0.6 is 0 Å². The fraction of sp³-hybridized carbons (Fsp3) is 0.556. The normalized spacial score (nSPS) is 10.0. The van der Waals surface area contributed by atoms with Gasteiger partial charge in [-0.1, -0.05) is 92.4 Å². The molecule has 0 fully saturated rings. The molecule has 0 bridgehead atoms.